The molecule has 2 N–H and O–H groups in total. The van der Waals surface area contributed by atoms with Crippen LogP contribution in [0.1, 0.15) is 23.7 Å². The van der Waals surface area contributed by atoms with E-state index in [9.17, 15) is 14.0 Å². The standard InChI is InChI=1S/C19H16FNO4/c1-2-9-25-15-8-7-14(20)16-17(15)21-10-13(18(16)22)11-3-5-12(6-4-11)19(23)24/h3-8,10H,2,9H2,1H3,(H,21,22)(H,23,24). The van der Waals surface area contributed by atoms with Crippen molar-refractivity contribution < 1.29 is 19.0 Å². The van der Waals surface area contributed by atoms with E-state index >= 15 is 0 Å². The topological polar surface area (TPSA) is 79.4 Å². The van der Waals surface area contributed by atoms with Gasteiger partial charge in [-0.15, -0.1) is 0 Å². The zero-order valence-corrected chi connectivity index (χ0v) is 13.5. The number of ether oxygens (including phenoxy) is 1. The van der Waals surface area contributed by atoms with E-state index in [2.05, 4.69) is 4.98 Å². The van der Waals surface area contributed by atoms with Gasteiger partial charge in [0, 0.05) is 11.8 Å². The molecule has 25 heavy (non-hydrogen) atoms. The van der Waals surface area contributed by atoms with E-state index in [0.29, 0.717) is 23.4 Å². The Hall–Kier alpha value is -3.15. The lowest BCUT2D eigenvalue weighted by atomic mass is 10.0. The van der Waals surface area contributed by atoms with E-state index in [1.54, 1.807) is 0 Å². The Bertz CT molecular complexity index is 993. The molecule has 0 bridgehead atoms. The van der Waals surface area contributed by atoms with Gasteiger partial charge in [0.2, 0.25) is 0 Å². The van der Waals surface area contributed by atoms with Crippen molar-refractivity contribution in [2.45, 2.75) is 13.3 Å². The number of aromatic amines is 1. The molecule has 2 aromatic carbocycles. The van der Waals surface area contributed by atoms with Gasteiger partial charge in [0.25, 0.3) is 0 Å². The molecule has 0 radical (unpaired) electrons. The molecule has 0 saturated carbocycles. The van der Waals surface area contributed by atoms with Crippen molar-refractivity contribution in [1.82, 2.24) is 4.98 Å². The van der Waals surface area contributed by atoms with Crippen LogP contribution in [0.4, 0.5) is 4.39 Å². The van der Waals surface area contributed by atoms with Crippen LogP contribution >= 0.6 is 0 Å². The third kappa shape index (κ3) is 3.10. The first-order valence-corrected chi connectivity index (χ1v) is 7.83. The molecule has 3 rings (SSSR count). The first kappa shape index (κ1) is 16.7. The molecule has 0 aliphatic carbocycles. The SMILES string of the molecule is CCCOc1ccc(F)c2c(=O)c(-c3ccc(C(=O)O)cc3)c[nH]c12. The van der Waals surface area contributed by atoms with Gasteiger partial charge in [0.05, 0.1) is 23.1 Å². The smallest absolute Gasteiger partial charge is 0.335 e. The second kappa shape index (κ2) is 6.76. The predicted molar refractivity (Wildman–Crippen MR) is 92.7 cm³/mol. The normalized spacial score (nSPS) is 10.8. The summed E-state index contributed by atoms with van der Waals surface area (Å²) in [6, 6.07) is 8.55. The van der Waals surface area contributed by atoms with Crippen LogP contribution in [0.5, 0.6) is 5.75 Å². The van der Waals surface area contributed by atoms with Crippen LogP contribution in [0.2, 0.25) is 0 Å². The van der Waals surface area contributed by atoms with Crippen molar-refractivity contribution in [2.24, 2.45) is 0 Å². The number of hydrogen-bond acceptors (Lipinski definition) is 3. The van der Waals surface area contributed by atoms with Gasteiger partial charge in [-0.05, 0) is 36.2 Å². The molecule has 0 fully saturated rings. The number of carboxylic acids is 1. The number of aromatic nitrogens is 1. The maximum Gasteiger partial charge on any atom is 0.335 e. The van der Waals surface area contributed by atoms with E-state index in [1.165, 1.54) is 42.6 Å². The minimum atomic E-state index is -1.05. The van der Waals surface area contributed by atoms with Crippen molar-refractivity contribution >= 4 is 16.9 Å². The van der Waals surface area contributed by atoms with Gasteiger partial charge in [-0.1, -0.05) is 19.1 Å². The summed E-state index contributed by atoms with van der Waals surface area (Å²) in [6.07, 6.45) is 2.27. The van der Waals surface area contributed by atoms with Crippen LogP contribution < -0.4 is 10.2 Å². The number of carboxylic acid groups (broad SMARTS) is 1. The number of carbonyl (C=O) groups is 1. The Kier molecular flexibility index (Phi) is 4.52. The molecule has 3 aromatic rings. The molecule has 0 atom stereocenters. The number of pyridine rings is 1. The number of rotatable bonds is 5. The van der Waals surface area contributed by atoms with Crippen LogP contribution in [0, 0.1) is 5.82 Å². The largest absolute Gasteiger partial charge is 0.491 e. The quantitative estimate of drug-likeness (QED) is 0.739. The molecule has 1 heterocycles. The van der Waals surface area contributed by atoms with Gasteiger partial charge < -0.3 is 14.8 Å². The Balaban J connectivity index is 2.15. The van der Waals surface area contributed by atoms with Crippen molar-refractivity contribution in [3.63, 3.8) is 0 Å². The number of nitrogens with one attached hydrogen (secondary N) is 1. The molecular formula is C19H16FNO4. The van der Waals surface area contributed by atoms with E-state index in [1.807, 2.05) is 6.92 Å². The van der Waals surface area contributed by atoms with Crippen LogP contribution in [0.3, 0.4) is 0 Å². The van der Waals surface area contributed by atoms with Crippen molar-refractivity contribution in [3.05, 3.63) is 64.2 Å². The minimum absolute atomic E-state index is 0.0755. The lowest BCUT2D eigenvalue weighted by Gasteiger charge is -2.10. The number of benzene rings is 2. The van der Waals surface area contributed by atoms with E-state index in [0.717, 1.165) is 6.42 Å². The number of hydrogen-bond donors (Lipinski definition) is 2. The van der Waals surface area contributed by atoms with Crippen molar-refractivity contribution in [1.29, 1.82) is 0 Å². The Morgan fingerprint density at radius 3 is 2.56 bits per heavy atom. The summed E-state index contributed by atoms with van der Waals surface area (Å²) in [5.41, 5.74) is 0.714. The summed E-state index contributed by atoms with van der Waals surface area (Å²) in [6.45, 7) is 2.41. The Labute approximate surface area is 142 Å². The molecule has 0 unspecified atom stereocenters. The molecular weight excluding hydrogens is 325 g/mol. The van der Waals surface area contributed by atoms with Gasteiger partial charge in [0.15, 0.2) is 5.43 Å². The average Bonchev–Trinajstić information content (AvgIpc) is 2.61. The highest BCUT2D eigenvalue weighted by Crippen LogP contribution is 2.26. The Morgan fingerprint density at radius 2 is 1.92 bits per heavy atom. The molecule has 6 heteroatoms. The molecule has 128 valence electrons. The van der Waals surface area contributed by atoms with Gasteiger partial charge in [0.1, 0.15) is 11.6 Å². The molecule has 0 saturated heterocycles. The fraction of sp³-hybridized carbons (Fsp3) is 0.158. The summed E-state index contributed by atoms with van der Waals surface area (Å²) >= 11 is 0. The highest BCUT2D eigenvalue weighted by atomic mass is 19.1. The number of halogens is 1. The summed E-state index contributed by atoms with van der Waals surface area (Å²) < 4.78 is 19.8. The third-order valence-electron chi connectivity index (χ3n) is 3.85. The van der Waals surface area contributed by atoms with Crippen molar-refractivity contribution in [2.75, 3.05) is 6.61 Å². The Morgan fingerprint density at radius 1 is 1.20 bits per heavy atom. The fourth-order valence-corrected chi connectivity index (χ4v) is 2.61. The lowest BCUT2D eigenvalue weighted by molar-refractivity contribution is 0.0697. The highest BCUT2D eigenvalue weighted by molar-refractivity contribution is 5.90. The maximum absolute atomic E-state index is 14.3. The second-order valence-electron chi connectivity index (χ2n) is 5.56. The first-order chi connectivity index (χ1) is 12.0. The molecule has 5 nitrogen and oxygen atoms in total. The summed E-state index contributed by atoms with van der Waals surface area (Å²) in [4.78, 5) is 26.6. The zero-order chi connectivity index (χ0) is 18.0. The van der Waals surface area contributed by atoms with Gasteiger partial charge in [-0.2, -0.15) is 0 Å². The molecule has 0 amide bonds. The average molecular weight is 341 g/mol. The molecule has 0 aliphatic rings. The molecule has 1 aromatic heterocycles. The van der Waals surface area contributed by atoms with E-state index in [4.69, 9.17) is 9.84 Å². The lowest BCUT2D eigenvalue weighted by Crippen LogP contribution is -2.10. The fourth-order valence-electron chi connectivity index (χ4n) is 2.61. The van der Waals surface area contributed by atoms with Crippen molar-refractivity contribution in [3.8, 4) is 16.9 Å². The van der Waals surface area contributed by atoms with E-state index in [-0.39, 0.29) is 16.5 Å². The zero-order valence-electron chi connectivity index (χ0n) is 13.5. The predicted octanol–water partition coefficient (Wildman–Crippen LogP) is 3.82. The third-order valence-corrected chi connectivity index (χ3v) is 3.85. The monoisotopic (exact) mass is 341 g/mol. The maximum atomic E-state index is 14.3. The number of fused-ring (bicyclic) bond motifs is 1. The highest BCUT2D eigenvalue weighted by Gasteiger charge is 2.15. The summed E-state index contributed by atoms with van der Waals surface area (Å²) in [7, 11) is 0. The van der Waals surface area contributed by atoms with Crippen LogP contribution in [-0.4, -0.2) is 22.7 Å². The summed E-state index contributed by atoms with van der Waals surface area (Å²) in [5, 5.41) is 8.87. The second-order valence-corrected chi connectivity index (χ2v) is 5.56. The van der Waals surface area contributed by atoms with E-state index < -0.39 is 17.2 Å². The molecule has 0 spiro atoms. The summed E-state index contributed by atoms with van der Waals surface area (Å²) in [5.74, 6) is -1.27. The minimum Gasteiger partial charge on any atom is -0.491 e. The first-order valence-electron chi connectivity index (χ1n) is 7.83. The van der Waals surface area contributed by atoms with Gasteiger partial charge in [-0.25, -0.2) is 9.18 Å². The van der Waals surface area contributed by atoms with Gasteiger partial charge >= 0.3 is 5.97 Å². The van der Waals surface area contributed by atoms with Gasteiger partial charge in [-0.3, -0.25) is 4.79 Å². The van der Waals surface area contributed by atoms with Crippen LogP contribution in [0.15, 0.2) is 47.4 Å². The number of H-pyrrole nitrogens is 1. The molecule has 0 aliphatic heterocycles. The van der Waals surface area contributed by atoms with Crippen LogP contribution in [-0.2, 0) is 0 Å². The van der Waals surface area contributed by atoms with Crippen LogP contribution in [0.25, 0.3) is 22.0 Å². The number of aromatic carboxylic acids is 1.